The Morgan fingerprint density at radius 3 is 3.04 bits per heavy atom. The Morgan fingerprint density at radius 1 is 1.54 bits per heavy atom. The Bertz CT molecular complexity index is 1060. The molecule has 0 spiro atoms. The van der Waals surface area contributed by atoms with Crippen molar-refractivity contribution in [1.29, 1.82) is 5.26 Å². The van der Waals surface area contributed by atoms with Gasteiger partial charge in [0.2, 0.25) is 0 Å². The molecule has 0 fully saturated rings. The summed E-state index contributed by atoms with van der Waals surface area (Å²) >= 11 is 0. The van der Waals surface area contributed by atoms with Gasteiger partial charge in [-0.25, -0.2) is 13.3 Å². The number of fused-ring (bicyclic) bond motifs is 1. The molecule has 9 heteroatoms. The first-order valence-corrected chi connectivity index (χ1v) is 9.50. The van der Waals surface area contributed by atoms with Gasteiger partial charge in [0.05, 0.1) is 11.6 Å². The molecule has 7 nitrogen and oxygen atoms in total. The van der Waals surface area contributed by atoms with Crippen molar-refractivity contribution in [3.8, 4) is 23.7 Å². The molecule has 144 valence electrons. The monoisotopic (exact) mass is 400 g/mol. The lowest BCUT2D eigenvalue weighted by atomic mass is 10.2. The van der Waals surface area contributed by atoms with Gasteiger partial charge in [-0.15, -0.1) is 11.8 Å². The number of benzene rings is 1. The molecule has 0 bridgehead atoms. The third-order valence-corrected chi connectivity index (χ3v) is 5.33. The van der Waals surface area contributed by atoms with Crippen LogP contribution in [-0.2, 0) is 18.0 Å². The van der Waals surface area contributed by atoms with E-state index in [1.165, 1.54) is 16.7 Å². The Hall–Kier alpha value is -3.14. The second-order valence-corrected chi connectivity index (χ2v) is 7.28. The first-order chi connectivity index (χ1) is 13.4. The average Bonchev–Trinajstić information content (AvgIpc) is 2.93. The standard InChI is InChI=1S/C19H17FN4O3S/c1-3-4-5-14-11-27-18-16(28(26)23-14)10-24(2)17(18)19(25)22-13-6-7-15(20)12(8-13)9-21/h6-8,10,14,23H,5,11H2,1-2H3,(H,22,25)/t14-,28?/m0/s1. The lowest BCUT2D eigenvalue weighted by molar-refractivity contribution is 0.101. The summed E-state index contributed by atoms with van der Waals surface area (Å²) in [6.07, 6.45) is 2.03. The highest BCUT2D eigenvalue weighted by Gasteiger charge is 2.30. The van der Waals surface area contributed by atoms with Crippen LogP contribution in [0.15, 0.2) is 29.3 Å². The first-order valence-electron chi connectivity index (χ1n) is 8.35. The summed E-state index contributed by atoms with van der Waals surface area (Å²) in [7, 11) is 0.0715. The van der Waals surface area contributed by atoms with E-state index >= 15 is 0 Å². The number of nitriles is 1. The molecular formula is C19H17FN4O3S. The van der Waals surface area contributed by atoms with Gasteiger partial charge in [0, 0.05) is 25.4 Å². The zero-order valence-corrected chi connectivity index (χ0v) is 16.0. The zero-order chi connectivity index (χ0) is 20.3. The number of halogens is 1. The van der Waals surface area contributed by atoms with Crippen molar-refractivity contribution in [3.63, 3.8) is 0 Å². The second kappa shape index (κ2) is 8.26. The smallest absolute Gasteiger partial charge is 0.276 e. The minimum atomic E-state index is -1.56. The highest BCUT2D eigenvalue weighted by atomic mass is 32.2. The molecule has 1 aromatic carbocycles. The van der Waals surface area contributed by atoms with Crippen molar-refractivity contribution in [2.75, 3.05) is 11.9 Å². The molecule has 0 radical (unpaired) electrons. The summed E-state index contributed by atoms with van der Waals surface area (Å²) in [6.45, 7) is 1.92. The minimum absolute atomic E-state index is 0.176. The Balaban J connectivity index is 1.88. The summed E-state index contributed by atoms with van der Waals surface area (Å²) in [4.78, 5) is 13.2. The summed E-state index contributed by atoms with van der Waals surface area (Å²) in [5.74, 6) is 4.73. The molecule has 1 amide bonds. The molecule has 28 heavy (non-hydrogen) atoms. The summed E-state index contributed by atoms with van der Waals surface area (Å²) in [5.41, 5.74) is 0.266. The summed E-state index contributed by atoms with van der Waals surface area (Å²) in [5, 5.41) is 11.6. The zero-order valence-electron chi connectivity index (χ0n) is 15.2. The highest BCUT2D eigenvalue weighted by Crippen LogP contribution is 2.31. The molecule has 1 aliphatic rings. The fourth-order valence-corrected chi connectivity index (χ4v) is 3.91. The first kappa shape index (κ1) is 19.6. The topological polar surface area (TPSA) is 96.2 Å². The third-order valence-electron chi connectivity index (χ3n) is 4.09. The van der Waals surface area contributed by atoms with Crippen molar-refractivity contribution in [2.24, 2.45) is 7.05 Å². The van der Waals surface area contributed by atoms with Crippen LogP contribution in [0.2, 0.25) is 0 Å². The number of aryl methyl sites for hydroxylation is 1. The van der Waals surface area contributed by atoms with E-state index in [4.69, 9.17) is 10.00 Å². The number of anilines is 1. The van der Waals surface area contributed by atoms with Crippen LogP contribution in [0, 0.1) is 29.0 Å². The van der Waals surface area contributed by atoms with Gasteiger partial charge in [-0.3, -0.25) is 4.79 Å². The molecule has 1 unspecified atom stereocenters. The van der Waals surface area contributed by atoms with Crippen molar-refractivity contribution in [1.82, 2.24) is 9.29 Å². The Morgan fingerprint density at radius 2 is 2.32 bits per heavy atom. The minimum Gasteiger partial charge on any atom is -0.488 e. The SMILES string of the molecule is CC#CC[C@H]1COc2c(cn(C)c2C(=O)Nc2ccc(F)c(C#N)c2)S(=O)N1. The fourth-order valence-electron chi connectivity index (χ4n) is 2.75. The van der Waals surface area contributed by atoms with Gasteiger partial charge in [0.15, 0.2) is 11.4 Å². The van der Waals surface area contributed by atoms with Crippen LogP contribution in [0.1, 0.15) is 29.4 Å². The Labute approximate surface area is 164 Å². The molecule has 1 aliphatic heterocycles. The van der Waals surface area contributed by atoms with E-state index in [9.17, 15) is 13.4 Å². The van der Waals surface area contributed by atoms with E-state index in [0.29, 0.717) is 11.3 Å². The van der Waals surface area contributed by atoms with Crippen LogP contribution < -0.4 is 14.8 Å². The van der Waals surface area contributed by atoms with E-state index in [1.807, 2.05) is 0 Å². The molecule has 2 aromatic rings. The number of carbonyl (C=O) groups is 1. The number of aromatic nitrogens is 1. The van der Waals surface area contributed by atoms with Gasteiger partial charge >= 0.3 is 0 Å². The van der Waals surface area contributed by atoms with Crippen LogP contribution in [0.25, 0.3) is 0 Å². The van der Waals surface area contributed by atoms with Crippen molar-refractivity contribution in [2.45, 2.75) is 24.3 Å². The normalized spacial score (nSPS) is 17.9. The predicted octanol–water partition coefficient (Wildman–Crippen LogP) is 2.07. The lowest BCUT2D eigenvalue weighted by Crippen LogP contribution is -2.33. The molecular weight excluding hydrogens is 383 g/mol. The van der Waals surface area contributed by atoms with Gasteiger partial charge in [-0.2, -0.15) is 5.26 Å². The molecule has 3 rings (SSSR count). The number of nitrogens with zero attached hydrogens (tertiary/aromatic N) is 2. The van der Waals surface area contributed by atoms with Gasteiger partial charge in [-0.05, 0) is 25.1 Å². The number of nitrogens with one attached hydrogen (secondary N) is 2. The van der Waals surface area contributed by atoms with E-state index in [2.05, 4.69) is 21.9 Å². The number of ether oxygens (including phenoxy) is 1. The fraction of sp³-hybridized carbons (Fsp3) is 0.263. The predicted molar refractivity (Wildman–Crippen MR) is 101 cm³/mol. The molecule has 0 saturated carbocycles. The van der Waals surface area contributed by atoms with Crippen LogP contribution in [0.4, 0.5) is 10.1 Å². The number of rotatable bonds is 3. The number of carbonyl (C=O) groups excluding carboxylic acids is 1. The molecule has 0 aliphatic carbocycles. The largest absolute Gasteiger partial charge is 0.488 e. The highest BCUT2D eigenvalue weighted by molar-refractivity contribution is 7.83. The van der Waals surface area contributed by atoms with Gasteiger partial charge < -0.3 is 14.6 Å². The molecule has 2 N–H and O–H groups in total. The third kappa shape index (κ3) is 3.91. The number of hydrogen-bond acceptors (Lipinski definition) is 4. The Kier molecular flexibility index (Phi) is 5.78. The van der Waals surface area contributed by atoms with E-state index in [0.717, 1.165) is 6.07 Å². The molecule has 2 atom stereocenters. The van der Waals surface area contributed by atoms with Crippen LogP contribution >= 0.6 is 0 Å². The second-order valence-electron chi connectivity index (χ2n) is 6.07. The average molecular weight is 400 g/mol. The van der Waals surface area contributed by atoms with Crippen molar-refractivity contribution in [3.05, 3.63) is 41.5 Å². The van der Waals surface area contributed by atoms with E-state index in [-0.39, 0.29) is 35.3 Å². The van der Waals surface area contributed by atoms with Crippen LogP contribution in [-0.4, -0.2) is 27.3 Å². The molecule has 1 aromatic heterocycles. The van der Waals surface area contributed by atoms with Gasteiger partial charge in [-0.1, -0.05) is 0 Å². The van der Waals surface area contributed by atoms with Crippen molar-refractivity contribution < 1.29 is 18.1 Å². The van der Waals surface area contributed by atoms with Crippen LogP contribution in [0.5, 0.6) is 5.75 Å². The van der Waals surface area contributed by atoms with Crippen molar-refractivity contribution >= 4 is 22.6 Å². The maximum Gasteiger partial charge on any atom is 0.276 e. The van der Waals surface area contributed by atoms with Gasteiger partial charge in [0.1, 0.15) is 34.4 Å². The van der Waals surface area contributed by atoms with E-state index in [1.54, 1.807) is 26.2 Å². The summed E-state index contributed by atoms with van der Waals surface area (Å²) < 4.78 is 36.3. The lowest BCUT2D eigenvalue weighted by Gasteiger charge is -2.13. The summed E-state index contributed by atoms with van der Waals surface area (Å²) in [6, 6.07) is 5.19. The van der Waals surface area contributed by atoms with Gasteiger partial charge in [0.25, 0.3) is 5.91 Å². The quantitative estimate of drug-likeness (QED) is 0.771. The van der Waals surface area contributed by atoms with E-state index < -0.39 is 22.7 Å². The molecule has 0 saturated heterocycles. The maximum atomic E-state index is 13.5. The number of amides is 1. The number of hydrogen-bond donors (Lipinski definition) is 2. The molecule has 2 heterocycles. The maximum absolute atomic E-state index is 13.5. The van der Waals surface area contributed by atoms with Crippen LogP contribution in [0.3, 0.4) is 0 Å².